The highest BCUT2D eigenvalue weighted by Gasteiger charge is 2.85. The molecule has 10 saturated carbocycles. The second-order valence-corrected chi connectivity index (χ2v) is 32.4. The fourth-order valence-electron chi connectivity index (χ4n) is 25.6. The van der Waals surface area contributed by atoms with E-state index in [2.05, 4.69) is 78.7 Å². The van der Waals surface area contributed by atoms with Crippen molar-refractivity contribution < 1.29 is 39.9 Å². The normalized spacial score (nSPS) is 45.4. The lowest BCUT2D eigenvalue weighted by Gasteiger charge is -2.74. The van der Waals surface area contributed by atoms with E-state index in [1.54, 1.807) is 6.08 Å². The van der Waals surface area contributed by atoms with Crippen molar-refractivity contribution in [2.45, 2.75) is 234 Å². The first-order valence-electron chi connectivity index (χ1n) is 34.9. The van der Waals surface area contributed by atoms with Crippen LogP contribution in [0.1, 0.15) is 206 Å². The SMILES string of the molecule is CN[C@@H]1Cc2c(cccc2CO)C#C[C@@]23CC[C@@H](Cc4cccc(c4)C4(CCCC4)c4cccc(c4)CC[C@@H]4CC[C@]5(C4)C[C@]4(C=O)[C@H]6CC[C@]7(C2)[C@H]2C8=CC(=O)O[C@@H]8[C@@H]1C[C@H]2C[C@]7(O)[C@@]6(O)C[C@@H]1C[C@H]([C@@H](C)C2CCCC2)CC[C@H]([C@H]5O)[C@@]14O)C3. The monoisotopic (exact) mass is 1160 g/mol. The topological polar surface area (TPSA) is 157 Å². The lowest BCUT2D eigenvalue weighted by molar-refractivity contribution is -0.356. The Morgan fingerprint density at radius 2 is 1.53 bits per heavy atom. The van der Waals surface area contributed by atoms with Crippen molar-refractivity contribution >= 4 is 12.3 Å². The van der Waals surface area contributed by atoms with E-state index >= 15 is 15.0 Å². The molecule has 14 aliphatic carbocycles. The van der Waals surface area contributed by atoms with Gasteiger partial charge in [-0.3, -0.25) is 0 Å². The number of hydrogen-bond acceptors (Lipinski definition) is 9. The molecule has 1 heterocycles. The molecule has 18 rings (SSSR count). The number of carbonyl (C=O) groups excluding carboxylic acids is 2. The molecule has 86 heavy (non-hydrogen) atoms. The van der Waals surface area contributed by atoms with Crippen molar-refractivity contribution in [3.8, 4) is 11.8 Å². The number of benzene rings is 3. The summed E-state index contributed by atoms with van der Waals surface area (Å²) in [4.78, 5) is 29.9. The number of aliphatic hydroxyl groups is 5. The van der Waals surface area contributed by atoms with E-state index < -0.39 is 68.4 Å². The van der Waals surface area contributed by atoms with Crippen molar-refractivity contribution in [3.63, 3.8) is 0 Å². The number of ether oxygens (including phenoxy) is 1. The van der Waals surface area contributed by atoms with E-state index in [1.807, 2.05) is 19.2 Å². The zero-order valence-electron chi connectivity index (χ0n) is 51.6. The molecule has 0 aromatic heterocycles. The Morgan fingerprint density at radius 1 is 0.767 bits per heavy atom. The summed E-state index contributed by atoms with van der Waals surface area (Å²) in [5, 5.41) is 73.9. The number of aldehydes is 1. The van der Waals surface area contributed by atoms with Gasteiger partial charge in [-0.2, -0.15) is 0 Å². The zero-order valence-corrected chi connectivity index (χ0v) is 51.6. The molecular formula is C77H97NO8. The van der Waals surface area contributed by atoms with E-state index in [-0.39, 0.29) is 54.1 Å². The maximum atomic E-state index is 15.6. The number of hydrogen-bond donors (Lipinski definition) is 6. The molecule has 3 aromatic carbocycles. The van der Waals surface area contributed by atoms with E-state index in [0.717, 1.165) is 106 Å². The van der Waals surface area contributed by atoms with Crippen LogP contribution >= 0.6 is 0 Å². The van der Waals surface area contributed by atoms with Gasteiger partial charge >= 0.3 is 5.97 Å². The summed E-state index contributed by atoms with van der Waals surface area (Å²) in [5.74, 6) is 7.11. The van der Waals surface area contributed by atoms with Gasteiger partial charge in [-0.15, -0.1) is 0 Å². The van der Waals surface area contributed by atoms with Crippen LogP contribution in [0.4, 0.5) is 0 Å². The molecule has 458 valence electrons. The Kier molecular flexibility index (Phi) is 13.6. The Balaban J connectivity index is 0.917. The molecule has 15 aliphatic rings. The summed E-state index contributed by atoms with van der Waals surface area (Å²) < 4.78 is 6.61. The molecule has 9 heteroatoms. The van der Waals surface area contributed by atoms with Crippen LogP contribution in [0.25, 0.3) is 0 Å². The number of likely N-dealkylation sites (N-methyl/N-ethyl adjacent to an activating group) is 1. The molecule has 0 amide bonds. The van der Waals surface area contributed by atoms with Crippen LogP contribution in [0.2, 0.25) is 0 Å². The van der Waals surface area contributed by atoms with Crippen LogP contribution in [0, 0.1) is 98.6 Å². The van der Waals surface area contributed by atoms with Gasteiger partial charge in [0.15, 0.2) is 0 Å². The first-order chi connectivity index (χ1) is 41.6. The van der Waals surface area contributed by atoms with Crippen molar-refractivity contribution in [2.75, 3.05) is 7.05 Å². The summed E-state index contributed by atoms with van der Waals surface area (Å²) in [7, 11) is 1.99. The number of nitrogens with one attached hydrogen (secondary N) is 1. The summed E-state index contributed by atoms with van der Waals surface area (Å²) in [6, 6.07) is 25.1. The lowest BCUT2D eigenvalue weighted by atomic mass is 9.33. The minimum atomic E-state index is -1.79. The molecule has 0 unspecified atom stereocenters. The van der Waals surface area contributed by atoms with Crippen LogP contribution < -0.4 is 5.32 Å². The molecule has 4 spiro atoms. The molecule has 15 bridgehead atoms. The summed E-state index contributed by atoms with van der Waals surface area (Å²) in [6.07, 6.45) is 24.8. The summed E-state index contributed by atoms with van der Waals surface area (Å²) >= 11 is 0. The van der Waals surface area contributed by atoms with Crippen molar-refractivity contribution in [1.82, 2.24) is 5.32 Å². The first-order valence-corrected chi connectivity index (χ1v) is 34.9. The smallest absolute Gasteiger partial charge is 0.331 e. The molecule has 1 aliphatic heterocycles. The van der Waals surface area contributed by atoms with Gasteiger partial charge in [0.2, 0.25) is 0 Å². The Morgan fingerprint density at radius 3 is 2.31 bits per heavy atom. The van der Waals surface area contributed by atoms with E-state index in [4.69, 9.17) is 4.74 Å². The van der Waals surface area contributed by atoms with Crippen LogP contribution in [-0.2, 0) is 45.6 Å². The van der Waals surface area contributed by atoms with Crippen molar-refractivity contribution in [1.29, 1.82) is 0 Å². The van der Waals surface area contributed by atoms with Gasteiger partial charge in [0.25, 0.3) is 0 Å². The predicted molar refractivity (Wildman–Crippen MR) is 331 cm³/mol. The molecule has 0 radical (unpaired) electrons. The summed E-state index contributed by atoms with van der Waals surface area (Å²) in [6.45, 7) is 2.32. The highest BCUT2D eigenvalue weighted by atomic mass is 16.5. The average Bonchev–Trinajstić information content (AvgIpc) is 1.22. The van der Waals surface area contributed by atoms with Crippen LogP contribution in [0.3, 0.4) is 0 Å². The average molecular weight is 1160 g/mol. The van der Waals surface area contributed by atoms with Crippen LogP contribution in [0.5, 0.6) is 0 Å². The summed E-state index contributed by atoms with van der Waals surface area (Å²) in [5.41, 5.74) is 0.507. The third kappa shape index (κ3) is 7.96. The van der Waals surface area contributed by atoms with Gasteiger partial charge in [0.05, 0.1) is 29.3 Å². The molecule has 0 saturated heterocycles. The first kappa shape index (κ1) is 57.0. The van der Waals surface area contributed by atoms with Gasteiger partial charge < -0.3 is 40.4 Å². The number of aryl methyl sites for hydroxylation is 1. The third-order valence-corrected chi connectivity index (χ3v) is 29.2. The highest BCUT2D eigenvalue weighted by molar-refractivity contribution is 5.86. The Hall–Kier alpha value is -4.14. The van der Waals surface area contributed by atoms with Gasteiger partial charge in [-0.25, -0.2) is 4.79 Å². The van der Waals surface area contributed by atoms with E-state index in [1.165, 1.54) is 60.8 Å². The van der Waals surface area contributed by atoms with E-state index in [9.17, 15) is 20.1 Å². The molecule has 20 atom stereocenters. The largest absolute Gasteiger partial charge is 0.454 e. The Bertz CT molecular complexity index is 3290. The minimum absolute atomic E-state index is 0.0619. The Labute approximate surface area is 511 Å². The van der Waals surface area contributed by atoms with Crippen LogP contribution in [-0.4, -0.2) is 79.9 Å². The van der Waals surface area contributed by atoms with Crippen molar-refractivity contribution in [2.24, 2.45) is 86.8 Å². The second kappa shape index (κ2) is 20.4. The fraction of sp³-hybridized carbons (Fsp3) is 0.688. The molecular weight excluding hydrogens is 1070 g/mol. The van der Waals surface area contributed by atoms with E-state index in [0.29, 0.717) is 81.5 Å². The molecule has 10 fully saturated rings. The zero-order chi connectivity index (χ0) is 58.8. The number of carbonyl (C=O) groups is 2. The number of aliphatic hydroxyl groups excluding tert-OH is 2. The predicted octanol–water partition coefficient (Wildman–Crippen LogP) is 12.0. The molecule has 3 aromatic rings. The van der Waals surface area contributed by atoms with Crippen molar-refractivity contribution in [3.05, 3.63) is 117 Å². The number of fused-ring (bicyclic) bond motifs is 3. The van der Waals surface area contributed by atoms with Crippen LogP contribution in [0.15, 0.2) is 78.4 Å². The number of esters is 1. The molecule has 6 N–H and O–H groups in total. The van der Waals surface area contributed by atoms with Gasteiger partial charge in [0, 0.05) is 51.7 Å². The maximum absolute atomic E-state index is 15.6. The standard InChI is InChI=1S/C77H97NO8/c1-47(52-12-3-4-13-52)54-20-21-63-69(82)71-30-23-49(40-71)19-18-48-10-7-16-57(33-48)72(26-5-6-27-72)58-17-8-11-50(34-58)32-51-22-28-70(39-51)29-24-53-14-9-15-55(43-79)60(53)37-64(78-2)61-36-56-41-76(84)73(44-70,67(56)62-38-66(81)86-68(61)62)31-25-65-74(45-71,46-80)77(63,85)59(35-54)42-75(65,76)83/h7-11,14-17,33-34,38,46-47,49,51-52,54,56,59,61,63-65,67-69,78-79,82-85H,3-6,12-13,18-23,25-28,30-32,35-37,39-45H2,1-2H3/t47-,49+,51-,54+,56-,59-,61+,63+,64+,65+,67+,68+,69+,70+,71-,73-,74-,75+,76+,77-/m0/s1. The maximum Gasteiger partial charge on any atom is 0.331 e. The highest BCUT2D eigenvalue weighted by Crippen LogP contribution is 2.80. The number of rotatable bonds is 5. The second-order valence-electron chi connectivity index (χ2n) is 32.4. The molecule has 9 nitrogen and oxygen atoms in total. The van der Waals surface area contributed by atoms with Gasteiger partial charge in [-0.1, -0.05) is 118 Å². The van der Waals surface area contributed by atoms with Gasteiger partial charge in [-0.05, 0) is 246 Å². The minimum Gasteiger partial charge on any atom is -0.454 e. The van der Waals surface area contributed by atoms with Gasteiger partial charge in [0.1, 0.15) is 18.0 Å². The quantitative estimate of drug-likeness (QED) is 0.0832. The lowest BCUT2D eigenvalue weighted by Crippen LogP contribution is -2.82. The third-order valence-electron chi connectivity index (χ3n) is 29.2. The fourth-order valence-corrected chi connectivity index (χ4v) is 25.6.